The van der Waals surface area contributed by atoms with Crippen molar-refractivity contribution in [3.8, 4) is 0 Å². The van der Waals surface area contributed by atoms with E-state index < -0.39 is 0 Å². The van der Waals surface area contributed by atoms with Crippen LogP contribution < -0.4 is 11.1 Å². The molecule has 116 valence electrons. The molecule has 0 spiro atoms. The fraction of sp³-hybridized carbons (Fsp3) is 0.857. The summed E-state index contributed by atoms with van der Waals surface area (Å²) < 4.78 is 0. The number of hydrogen-bond donors (Lipinski definition) is 2. The van der Waals surface area contributed by atoms with E-state index in [4.69, 9.17) is 5.73 Å². The molecule has 0 bridgehead atoms. The van der Waals surface area contributed by atoms with Gasteiger partial charge in [0.25, 0.3) is 0 Å². The van der Waals surface area contributed by atoms with Gasteiger partial charge in [0.05, 0.1) is 6.54 Å². The fourth-order valence-electron chi connectivity index (χ4n) is 2.38. The van der Waals surface area contributed by atoms with Crippen molar-refractivity contribution in [1.29, 1.82) is 0 Å². The Hall–Kier alpha value is -1.14. The van der Waals surface area contributed by atoms with Crippen molar-refractivity contribution in [2.45, 2.75) is 26.7 Å². The summed E-state index contributed by atoms with van der Waals surface area (Å²) >= 11 is 0. The molecule has 1 fully saturated rings. The topological polar surface area (TPSA) is 78.7 Å². The van der Waals surface area contributed by atoms with E-state index in [0.717, 1.165) is 19.5 Å². The number of piperazine rings is 1. The molecule has 3 N–H and O–H groups in total. The summed E-state index contributed by atoms with van der Waals surface area (Å²) in [5.41, 5.74) is 5.64. The number of rotatable bonds is 7. The molecule has 0 radical (unpaired) electrons. The van der Waals surface area contributed by atoms with Gasteiger partial charge in [0.2, 0.25) is 11.8 Å². The van der Waals surface area contributed by atoms with Gasteiger partial charge >= 0.3 is 0 Å². The van der Waals surface area contributed by atoms with Crippen LogP contribution in [0.25, 0.3) is 0 Å². The second kappa shape index (κ2) is 8.92. The molecule has 6 nitrogen and oxygen atoms in total. The van der Waals surface area contributed by atoms with Crippen molar-refractivity contribution in [1.82, 2.24) is 15.1 Å². The minimum absolute atomic E-state index is 0.0569. The second-order valence-electron chi connectivity index (χ2n) is 5.32. The van der Waals surface area contributed by atoms with Gasteiger partial charge in [-0.3, -0.25) is 14.5 Å². The summed E-state index contributed by atoms with van der Waals surface area (Å²) in [4.78, 5) is 27.6. The van der Waals surface area contributed by atoms with Crippen molar-refractivity contribution in [2.24, 2.45) is 11.7 Å². The van der Waals surface area contributed by atoms with Crippen LogP contribution in [0.2, 0.25) is 0 Å². The third-order valence-electron chi connectivity index (χ3n) is 3.84. The highest BCUT2D eigenvalue weighted by atomic mass is 16.2. The van der Waals surface area contributed by atoms with Crippen LogP contribution >= 0.6 is 0 Å². The lowest BCUT2D eigenvalue weighted by Crippen LogP contribution is -2.51. The maximum atomic E-state index is 12.1. The molecule has 0 aromatic carbocycles. The van der Waals surface area contributed by atoms with E-state index in [-0.39, 0.29) is 17.7 Å². The van der Waals surface area contributed by atoms with E-state index in [1.54, 1.807) is 0 Å². The van der Waals surface area contributed by atoms with E-state index >= 15 is 0 Å². The minimum Gasteiger partial charge on any atom is -0.355 e. The highest BCUT2D eigenvalue weighted by Crippen LogP contribution is 2.11. The quantitative estimate of drug-likeness (QED) is 0.669. The van der Waals surface area contributed by atoms with Crippen molar-refractivity contribution in [2.75, 3.05) is 45.8 Å². The number of hydrogen-bond acceptors (Lipinski definition) is 4. The number of carbonyl (C=O) groups excluding carboxylic acids is 2. The first-order chi connectivity index (χ1) is 9.60. The smallest absolute Gasteiger partial charge is 0.234 e. The Morgan fingerprint density at radius 1 is 1.20 bits per heavy atom. The van der Waals surface area contributed by atoms with Crippen LogP contribution in [-0.4, -0.2) is 67.4 Å². The van der Waals surface area contributed by atoms with E-state index in [9.17, 15) is 9.59 Å². The molecule has 0 aromatic rings. The van der Waals surface area contributed by atoms with E-state index in [0.29, 0.717) is 39.1 Å². The Morgan fingerprint density at radius 3 is 2.35 bits per heavy atom. The Balaban J connectivity index is 2.30. The van der Waals surface area contributed by atoms with Gasteiger partial charge in [-0.05, 0) is 19.4 Å². The van der Waals surface area contributed by atoms with Crippen LogP contribution in [0, 0.1) is 5.92 Å². The third-order valence-corrected chi connectivity index (χ3v) is 3.84. The molecular formula is C14H28N4O2. The molecular weight excluding hydrogens is 256 g/mol. The Kier molecular flexibility index (Phi) is 7.54. The SMILES string of the molecule is CCNC(=O)CN1CCN(C(=O)CC(CC)CN)CC1. The van der Waals surface area contributed by atoms with Gasteiger partial charge in [0, 0.05) is 39.1 Å². The molecule has 1 aliphatic heterocycles. The lowest BCUT2D eigenvalue weighted by Gasteiger charge is -2.34. The van der Waals surface area contributed by atoms with Gasteiger partial charge in [-0.15, -0.1) is 0 Å². The van der Waals surface area contributed by atoms with E-state index in [1.807, 2.05) is 11.8 Å². The molecule has 20 heavy (non-hydrogen) atoms. The fourth-order valence-corrected chi connectivity index (χ4v) is 2.38. The zero-order chi connectivity index (χ0) is 15.0. The van der Waals surface area contributed by atoms with E-state index in [2.05, 4.69) is 17.1 Å². The number of likely N-dealkylation sites (N-methyl/N-ethyl adjacent to an activating group) is 1. The average Bonchev–Trinajstić information content (AvgIpc) is 2.45. The van der Waals surface area contributed by atoms with Crippen LogP contribution in [0.4, 0.5) is 0 Å². The molecule has 1 unspecified atom stereocenters. The molecule has 0 aliphatic carbocycles. The number of amides is 2. The van der Waals surface area contributed by atoms with Crippen LogP contribution in [0.5, 0.6) is 0 Å². The van der Waals surface area contributed by atoms with Gasteiger partial charge in [0.1, 0.15) is 0 Å². The maximum absolute atomic E-state index is 12.1. The van der Waals surface area contributed by atoms with Crippen molar-refractivity contribution in [3.05, 3.63) is 0 Å². The Bertz CT molecular complexity index is 310. The van der Waals surface area contributed by atoms with Gasteiger partial charge in [-0.25, -0.2) is 0 Å². The third kappa shape index (κ3) is 5.46. The van der Waals surface area contributed by atoms with Gasteiger partial charge in [-0.2, -0.15) is 0 Å². The summed E-state index contributed by atoms with van der Waals surface area (Å²) in [5.74, 6) is 0.539. The van der Waals surface area contributed by atoms with Crippen molar-refractivity contribution < 1.29 is 9.59 Å². The van der Waals surface area contributed by atoms with Gasteiger partial charge < -0.3 is 16.0 Å². The van der Waals surface area contributed by atoms with Crippen LogP contribution in [0.3, 0.4) is 0 Å². The predicted octanol–water partition coefficient (Wildman–Crippen LogP) is -0.358. The molecule has 0 saturated carbocycles. The summed E-state index contributed by atoms with van der Waals surface area (Å²) in [6, 6.07) is 0. The number of nitrogens with one attached hydrogen (secondary N) is 1. The normalized spacial score (nSPS) is 17.9. The minimum atomic E-state index is 0.0569. The van der Waals surface area contributed by atoms with Crippen molar-refractivity contribution in [3.63, 3.8) is 0 Å². The largest absolute Gasteiger partial charge is 0.355 e. The lowest BCUT2D eigenvalue weighted by atomic mass is 10.0. The molecule has 1 heterocycles. The summed E-state index contributed by atoms with van der Waals surface area (Å²) in [6.07, 6.45) is 1.49. The molecule has 1 saturated heterocycles. The number of nitrogens with zero attached hydrogens (tertiary/aromatic N) is 2. The lowest BCUT2D eigenvalue weighted by molar-refractivity contribution is -0.134. The monoisotopic (exact) mass is 284 g/mol. The highest BCUT2D eigenvalue weighted by Gasteiger charge is 2.23. The first-order valence-corrected chi connectivity index (χ1v) is 7.57. The zero-order valence-corrected chi connectivity index (χ0v) is 12.7. The Morgan fingerprint density at radius 2 is 1.85 bits per heavy atom. The molecule has 2 amide bonds. The van der Waals surface area contributed by atoms with E-state index in [1.165, 1.54) is 0 Å². The first-order valence-electron chi connectivity index (χ1n) is 7.57. The molecule has 1 rings (SSSR count). The summed E-state index contributed by atoms with van der Waals surface area (Å²) in [5, 5.41) is 2.79. The predicted molar refractivity (Wildman–Crippen MR) is 79.2 cm³/mol. The molecule has 1 atom stereocenters. The number of nitrogens with two attached hydrogens (primary N) is 1. The van der Waals surface area contributed by atoms with Crippen LogP contribution in [-0.2, 0) is 9.59 Å². The van der Waals surface area contributed by atoms with Gasteiger partial charge in [-0.1, -0.05) is 13.3 Å². The molecule has 0 aromatic heterocycles. The zero-order valence-electron chi connectivity index (χ0n) is 12.7. The average molecular weight is 284 g/mol. The first kappa shape index (κ1) is 16.9. The maximum Gasteiger partial charge on any atom is 0.234 e. The number of carbonyl (C=O) groups is 2. The standard InChI is InChI=1S/C14H28N4O2/c1-3-12(10-15)9-14(20)18-7-5-17(6-8-18)11-13(19)16-4-2/h12H,3-11,15H2,1-2H3,(H,16,19). The molecule has 6 heteroatoms. The van der Waals surface area contributed by atoms with Crippen LogP contribution in [0.15, 0.2) is 0 Å². The molecule has 1 aliphatic rings. The van der Waals surface area contributed by atoms with Gasteiger partial charge in [0.15, 0.2) is 0 Å². The van der Waals surface area contributed by atoms with Crippen LogP contribution in [0.1, 0.15) is 26.7 Å². The Labute approximate surface area is 121 Å². The van der Waals surface area contributed by atoms with Crippen molar-refractivity contribution >= 4 is 11.8 Å². The summed E-state index contributed by atoms with van der Waals surface area (Å²) in [7, 11) is 0. The highest BCUT2D eigenvalue weighted by molar-refractivity contribution is 5.78. The summed E-state index contributed by atoms with van der Waals surface area (Å²) in [6.45, 7) is 8.58. The second-order valence-corrected chi connectivity index (χ2v) is 5.32.